The van der Waals surface area contributed by atoms with Crippen LogP contribution in [0.15, 0.2) is 63.4 Å². The molecular formula is C23H21ClN2O2. The van der Waals surface area contributed by atoms with Gasteiger partial charge in [0.05, 0.1) is 17.6 Å². The number of Topliss-reactive ketones (excluding diaryl/α,β-unsaturated/α-hetero) is 1. The van der Waals surface area contributed by atoms with E-state index >= 15 is 0 Å². The lowest BCUT2D eigenvalue weighted by atomic mass is 9.70. The SMILES string of the molecule is CC1=C(C#N)[C@H](c2ccc(-c3ccc(Cl)cc3)o2)C2=C(CC(C)(C)CC2=O)N1. The standard InChI is InChI=1S/C23H21ClN2O2/c1-13-16(12-25)21(22-17(26-13)10-23(2,3)11-18(22)27)20-9-8-19(28-20)14-4-6-15(24)7-5-14/h4-9,21,26H,10-11H2,1-3H3/t21-/m1/s1. The molecule has 1 atom stereocenters. The van der Waals surface area contributed by atoms with Crippen LogP contribution in [-0.2, 0) is 4.79 Å². The fraction of sp³-hybridized carbons (Fsp3) is 0.304. The van der Waals surface area contributed by atoms with Gasteiger partial charge >= 0.3 is 0 Å². The van der Waals surface area contributed by atoms with E-state index in [0.717, 1.165) is 23.4 Å². The van der Waals surface area contributed by atoms with Crippen LogP contribution in [0.3, 0.4) is 0 Å². The molecule has 1 aromatic heterocycles. The van der Waals surface area contributed by atoms with E-state index in [-0.39, 0.29) is 11.2 Å². The van der Waals surface area contributed by atoms with Gasteiger partial charge in [-0.1, -0.05) is 25.4 Å². The molecule has 1 aliphatic heterocycles. The molecule has 4 nitrogen and oxygen atoms in total. The minimum atomic E-state index is -0.467. The van der Waals surface area contributed by atoms with Crippen molar-refractivity contribution < 1.29 is 9.21 Å². The van der Waals surface area contributed by atoms with Crippen LogP contribution < -0.4 is 5.32 Å². The summed E-state index contributed by atoms with van der Waals surface area (Å²) in [6.07, 6.45) is 1.23. The molecule has 2 aliphatic rings. The second-order valence-corrected chi connectivity index (χ2v) is 8.69. The molecule has 28 heavy (non-hydrogen) atoms. The first-order valence-corrected chi connectivity index (χ1v) is 9.67. The third kappa shape index (κ3) is 3.16. The Kier molecular flexibility index (Phi) is 4.44. The van der Waals surface area contributed by atoms with Crippen LogP contribution in [0.2, 0.25) is 5.02 Å². The number of nitriles is 1. The van der Waals surface area contributed by atoms with Gasteiger partial charge < -0.3 is 9.73 Å². The van der Waals surface area contributed by atoms with Crippen LogP contribution in [-0.4, -0.2) is 5.78 Å². The van der Waals surface area contributed by atoms with Gasteiger partial charge in [-0.05, 0) is 55.2 Å². The van der Waals surface area contributed by atoms with Crippen LogP contribution in [0.1, 0.15) is 45.3 Å². The third-order valence-electron chi connectivity index (χ3n) is 5.40. The number of ketones is 1. The Balaban J connectivity index is 1.81. The number of nitrogens with one attached hydrogen (secondary N) is 1. The molecule has 0 saturated carbocycles. The van der Waals surface area contributed by atoms with Crippen molar-refractivity contribution in [2.75, 3.05) is 0 Å². The van der Waals surface area contributed by atoms with Gasteiger partial charge in [0.2, 0.25) is 0 Å². The van der Waals surface area contributed by atoms with Crippen molar-refractivity contribution in [3.8, 4) is 17.4 Å². The highest BCUT2D eigenvalue weighted by molar-refractivity contribution is 6.30. The van der Waals surface area contributed by atoms with Crippen molar-refractivity contribution in [2.45, 2.75) is 39.5 Å². The summed E-state index contributed by atoms with van der Waals surface area (Å²) >= 11 is 5.97. The summed E-state index contributed by atoms with van der Waals surface area (Å²) in [4.78, 5) is 13.0. The van der Waals surface area contributed by atoms with E-state index in [1.807, 2.05) is 43.3 Å². The quantitative estimate of drug-likeness (QED) is 0.708. The molecule has 1 aromatic carbocycles. The largest absolute Gasteiger partial charge is 0.460 e. The maximum absolute atomic E-state index is 13.0. The highest BCUT2D eigenvalue weighted by Gasteiger charge is 2.42. The van der Waals surface area contributed by atoms with E-state index in [1.165, 1.54) is 0 Å². The number of benzene rings is 1. The summed E-state index contributed by atoms with van der Waals surface area (Å²) in [6, 6.07) is 13.4. The molecule has 0 spiro atoms. The molecule has 0 saturated heterocycles. The molecule has 0 fully saturated rings. The summed E-state index contributed by atoms with van der Waals surface area (Å²) in [7, 11) is 0. The van der Waals surface area contributed by atoms with Gasteiger partial charge in [0.25, 0.3) is 0 Å². The number of carbonyl (C=O) groups is 1. The topological polar surface area (TPSA) is 66.0 Å². The first kappa shape index (κ1) is 18.6. The van der Waals surface area contributed by atoms with Gasteiger partial charge in [0.1, 0.15) is 11.5 Å². The van der Waals surface area contributed by atoms with Crippen molar-refractivity contribution in [3.05, 3.63) is 69.7 Å². The van der Waals surface area contributed by atoms with Gasteiger partial charge in [-0.15, -0.1) is 0 Å². The Bertz CT molecular complexity index is 1060. The molecule has 2 heterocycles. The number of dihydropyridines is 1. The Morgan fingerprint density at radius 2 is 1.89 bits per heavy atom. The number of halogens is 1. The summed E-state index contributed by atoms with van der Waals surface area (Å²) in [6.45, 7) is 6.07. The third-order valence-corrected chi connectivity index (χ3v) is 5.65. The molecule has 0 radical (unpaired) electrons. The van der Waals surface area contributed by atoms with Gasteiger partial charge in [-0.25, -0.2) is 0 Å². The zero-order valence-electron chi connectivity index (χ0n) is 16.1. The molecule has 5 heteroatoms. The van der Waals surface area contributed by atoms with Crippen molar-refractivity contribution in [1.82, 2.24) is 5.32 Å². The molecule has 1 N–H and O–H groups in total. The summed E-state index contributed by atoms with van der Waals surface area (Å²) in [5, 5.41) is 13.8. The Hall–Kier alpha value is -2.77. The molecular weight excluding hydrogens is 372 g/mol. The monoisotopic (exact) mass is 392 g/mol. The lowest BCUT2D eigenvalue weighted by Gasteiger charge is -2.38. The predicted molar refractivity (Wildman–Crippen MR) is 108 cm³/mol. The number of carbonyl (C=O) groups excluding carboxylic acids is 1. The Morgan fingerprint density at radius 1 is 1.18 bits per heavy atom. The molecule has 0 amide bonds. The minimum absolute atomic E-state index is 0.0773. The maximum atomic E-state index is 13.0. The van der Waals surface area contributed by atoms with Crippen LogP contribution in [0, 0.1) is 16.7 Å². The first-order chi connectivity index (χ1) is 13.3. The Labute approximate surface area is 169 Å². The molecule has 0 unspecified atom stereocenters. The summed E-state index contributed by atoms with van der Waals surface area (Å²) in [5.41, 5.74) is 3.68. The molecule has 4 rings (SSSR count). The van der Waals surface area contributed by atoms with Crippen LogP contribution in [0.25, 0.3) is 11.3 Å². The number of allylic oxidation sites excluding steroid dienone is 4. The molecule has 142 valence electrons. The van der Waals surface area contributed by atoms with Crippen LogP contribution in [0.5, 0.6) is 0 Å². The van der Waals surface area contributed by atoms with Crippen LogP contribution >= 0.6 is 11.6 Å². The second kappa shape index (κ2) is 6.68. The van der Waals surface area contributed by atoms with E-state index in [0.29, 0.717) is 34.1 Å². The van der Waals surface area contributed by atoms with E-state index in [2.05, 4.69) is 25.2 Å². The average Bonchev–Trinajstić information content (AvgIpc) is 3.09. The van der Waals surface area contributed by atoms with E-state index in [4.69, 9.17) is 16.0 Å². The minimum Gasteiger partial charge on any atom is -0.460 e. The normalized spacial score (nSPS) is 21.2. The number of hydrogen-bond donors (Lipinski definition) is 1. The van der Waals surface area contributed by atoms with E-state index in [9.17, 15) is 10.1 Å². The molecule has 0 bridgehead atoms. The number of furan rings is 1. The first-order valence-electron chi connectivity index (χ1n) is 9.29. The van der Waals surface area contributed by atoms with Gasteiger partial charge in [0, 0.05) is 34.0 Å². The number of rotatable bonds is 2. The average molecular weight is 393 g/mol. The van der Waals surface area contributed by atoms with Gasteiger partial charge in [0.15, 0.2) is 5.78 Å². The molecule has 2 aromatic rings. The van der Waals surface area contributed by atoms with Gasteiger partial charge in [-0.3, -0.25) is 4.79 Å². The molecule has 1 aliphatic carbocycles. The second-order valence-electron chi connectivity index (χ2n) is 8.25. The van der Waals surface area contributed by atoms with Crippen LogP contribution in [0.4, 0.5) is 0 Å². The lowest BCUT2D eigenvalue weighted by Crippen LogP contribution is -2.36. The fourth-order valence-corrected chi connectivity index (χ4v) is 4.27. The van der Waals surface area contributed by atoms with Crippen molar-refractivity contribution >= 4 is 17.4 Å². The number of hydrogen-bond acceptors (Lipinski definition) is 4. The summed E-state index contributed by atoms with van der Waals surface area (Å²) < 4.78 is 6.14. The summed E-state index contributed by atoms with van der Waals surface area (Å²) in [5.74, 6) is 0.910. The zero-order valence-corrected chi connectivity index (χ0v) is 16.9. The number of nitrogens with zero attached hydrogens (tertiary/aromatic N) is 1. The smallest absolute Gasteiger partial charge is 0.162 e. The van der Waals surface area contributed by atoms with Crippen molar-refractivity contribution in [1.29, 1.82) is 5.26 Å². The van der Waals surface area contributed by atoms with E-state index < -0.39 is 5.92 Å². The highest BCUT2D eigenvalue weighted by Crippen LogP contribution is 2.47. The fourth-order valence-electron chi connectivity index (χ4n) is 4.15. The Morgan fingerprint density at radius 3 is 2.57 bits per heavy atom. The van der Waals surface area contributed by atoms with Crippen molar-refractivity contribution in [3.63, 3.8) is 0 Å². The maximum Gasteiger partial charge on any atom is 0.162 e. The van der Waals surface area contributed by atoms with Gasteiger partial charge in [-0.2, -0.15) is 5.26 Å². The lowest BCUT2D eigenvalue weighted by molar-refractivity contribution is -0.118. The van der Waals surface area contributed by atoms with Crippen molar-refractivity contribution in [2.24, 2.45) is 5.41 Å². The highest BCUT2D eigenvalue weighted by atomic mass is 35.5. The predicted octanol–water partition coefficient (Wildman–Crippen LogP) is 5.73. The zero-order chi connectivity index (χ0) is 20.1. The van der Waals surface area contributed by atoms with E-state index in [1.54, 1.807) is 0 Å².